The first kappa shape index (κ1) is 30.2. The minimum Gasteiger partial charge on any atom is -0.497 e. The number of hydrogen-bond acceptors (Lipinski definition) is 11. The van der Waals surface area contributed by atoms with E-state index < -0.39 is 16.2 Å². The summed E-state index contributed by atoms with van der Waals surface area (Å²) in [5.74, 6) is 0.776. The molecule has 2 aromatic carbocycles. The summed E-state index contributed by atoms with van der Waals surface area (Å²) in [7, 11) is -2.30. The van der Waals surface area contributed by atoms with Crippen LogP contribution in [-0.2, 0) is 36.9 Å². The largest absolute Gasteiger partial charge is 0.497 e. The number of hydrogen-bond donors (Lipinski definition) is 1. The molecular weight excluding hydrogens is 576 g/mol. The second kappa shape index (κ2) is 13.4. The summed E-state index contributed by atoms with van der Waals surface area (Å²) in [5.41, 5.74) is 2.98. The van der Waals surface area contributed by atoms with E-state index in [9.17, 15) is 13.2 Å². The number of carbonyl (C=O) groups excluding carboxylic acids is 1. The van der Waals surface area contributed by atoms with Crippen molar-refractivity contribution in [2.45, 2.75) is 44.0 Å². The number of ether oxygens (including phenoxy) is 3. The maximum absolute atomic E-state index is 12.8. The van der Waals surface area contributed by atoms with Crippen molar-refractivity contribution in [3.63, 3.8) is 0 Å². The minimum atomic E-state index is -3.89. The molecule has 1 aliphatic heterocycles. The number of benzene rings is 2. The molecule has 13 nitrogen and oxygen atoms in total. The molecule has 14 heteroatoms. The van der Waals surface area contributed by atoms with Crippen molar-refractivity contribution in [3.8, 4) is 17.1 Å². The monoisotopic (exact) mass is 608 g/mol. The maximum Gasteiger partial charge on any atom is 0.297 e. The molecule has 5 rings (SSSR count). The van der Waals surface area contributed by atoms with Gasteiger partial charge in [0.25, 0.3) is 16.0 Å². The van der Waals surface area contributed by atoms with Crippen molar-refractivity contribution < 1.29 is 31.6 Å². The fraction of sp³-hybridized carbons (Fsp3) is 0.345. The molecule has 226 valence electrons. The van der Waals surface area contributed by atoms with Gasteiger partial charge in [-0.15, -0.1) is 5.10 Å². The molecule has 4 aromatic rings. The first-order valence-corrected chi connectivity index (χ1v) is 15.0. The molecule has 0 bridgehead atoms. The van der Waals surface area contributed by atoms with Crippen LogP contribution < -0.4 is 10.1 Å². The van der Waals surface area contributed by atoms with Gasteiger partial charge in [-0.25, -0.2) is 14.6 Å². The summed E-state index contributed by atoms with van der Waals surface area (Å²) in [6, 6.07) is 15.4. The highest BCUT2D eigenvalue weighted by atomic mass is 32.2. The van der Waals surface area contributed by atoms with Gasteiger partial charge in [0.2, 0.25) is 0 Å². The Bertz CT molecular complexity index is 1670. The van der Waals surface area contributed by atoms with Crippen molar-refractivity contribution >= 4 is 16.0 Å². The number of nitrogens with zero attached hydrogens (tertiary/aromatic N) is 5. The fourth-order valence-corrected chi connectivity index (χ4v) is 5.24. The number of aryl methyl sites for hydroxylation is 2. The SMILES string of the molecule is COc1cccc(CNC(=O)c2cc(-c3cn(C[C@H]4CO[C@H](COS(=O)(=O)c5ccc(C)cc5)CO4)nn3)nc(C)n2)c1. The molecule has 43 heavy (non-hydrogen) atoms. The van der Waals surface area contributed by atoms with E-state index in [0.717, 1.165) is 11.1 Å². The summed E-state index contributed by atoms with van der Waals surface area (Å²) in [6.45, 7) is 4.46. The highest BCUT2D eigenvalue weighted by Gasteiger charge is 2.26. The topological polar surface area (TPSA) is 157 Å². The molecule has 0 saturated carbocycles. The molecule has 1 saturated heterocycles. The van der Waals surface area contributed by atoms with E-state index in [1.165, 1.54) is 12.1 Å². The predicted octanol–water partition coefficient (Wildman–Crippen LogP) is 2.48. The van der Waals surface area contributed by atoms with Gasteiger partial charge in [-0.3, -0.25) is 8.98 Å². The van der Waals surface area contributed by atoms with Gasteiger partial charge in [0.15, 0.2) is 0 Å². The van der Waals surface area contributed by atoms with Crippen LogP contribution in [-0.4, -0.2) is 78.4 Å². The van der Waals surface area contributed by atoms with Crippen molar-refractivity contribution in [1.29, 1.82) is 0 Å². The van der Waals surface area contributed by atoms with Gasteiger partial charge in [0.05, 0.1) is 50.3 Å². The van der Waals surface area contributed by atoms with Gasteiger partial charge in [-0.1, -0.05) is 35.0 Å². The molecule has 0 spiro atoms. The normalized spacial score (nSPS) is 17.0. The lowest BCUT2D eigenvalue weighted by Gasteiger charge is -2.29. The van der Waals surface area contributed by atoms with Crippen molar-refractivity contribution in [3.05, 3.63) is 83.4 Å². The van der Waals surface area contributed by atoms with Crippen LogP contribution in [0.3, 0.4) is 0 Å². The first-order chi connectivity index (χ1) is 20.7. The fourth-order valence-electron chi connectivity index (χ4n) is 4.31. The highest BCUT2D eigenvalue weighted by molar-refractivity contribution is 7.86. The highest BCUT2D eigenvalue weighted by Crippen LogP contribution is 2.18. The smallest absolute Gasteiger partial charge is 0.297 e. The summed E-state index contributed by atoms with van der Waals surface area (Å²) >= 11 is 0. The molecule has 2 aromatic heterocycles. The standard InChI is InChI=1S/C29H32N6O7S/c1-19-7-9-25(10-8-19)43(37,38)42-18-24-17-40-23(16-41-24)14-35-15-28(33-34-35)26-12-27(32-20(2)31-26)29(36)30-13-21-5-4-6-22(11-21)39-3/h4-12,15,23-24H,13-14,16-18H2,1-3H3,(H,30,36)/t23-,24-/m0/s1. The number of nitrogens with one attached hydrogen (secondary N) is 1. The van der Waals surface area contributed by atoms with Crippen LogP contribution in [0.4, 0.5) is 0 Å². The molecule has 0 aliphatic carbocycles. The minimum absolute atomic E-state index is 0.0922. The Kier molecular flexibility index (Phi) is 9.40. The van der Waals surface area contributed by atoms with Gasteiger partial charge < -0.3 is 19.5 Å². The molecule has 1 fully saturated rings. The zero-order valence-electron chi connectivity index (χ0n) is 24.0. The van der Waals surface area contributed by atoms with Crippen LogP contribution in [0.2, 0.25) is 0 Å². The van der Waals surface area contributed by atoms with Crippen LogP contribution in [0.5, 0.6) is 5.75 Å². The van der Waals surface area contributed by atoms with Crippen LogP contribution >= 0.6 is 0 Å². The molecule has 0 radical (unpaired) electrons. The summed E-state index contributed by atoms with van der Waals surface area (Å²) in [5, 5.41) is 11.2. The van der Waals surface area contributed by atoms with Crippen molar-refractivity contribution in [2.75, 3.05) is 26.9 Å². The van der Waals surface area contributed by atoms with Crippen LogP contribution in [0, 0.1) is 13.8 Å². The Labute approximate surface area is 249 Å². The van der Waals surface area contributed by atoms with Crippen LogP contribution in [0.1, 0.15) is 27.4 Å². The summed E-state index contributed by atoms with van der Waals surface area (Å²) in [6.07, 6.45) is 0.844. The Morgan fingerprint density at radius 1 is 1.02 bits per heavy atom. The Morgan fingerprint density at radius 3 is 2.53 bits per heavy atom. The van der Waals surface area contributed by atoms with Crippen molar-refractivity contribution in [2.24, 2.45) is 0 Å². The van der Waals surface area contributed by atoms with Gasteiger partial charge in [-0.05, 0) is 49.7 Å². The summed E-state index contributed by atoms with van der Waals surface area (Å²) in [4.78, 5) is 21.6. The molecule has 1 amide bonds. The second-order valence-corrected chi connectivity index (χ2v) is 11.6. The van der Waals surface area contributed by atoms with E-state index in [1.807, 2.05) is 31.2 Å². The third-order valence-electron chi connectivity index (χ3n) is 6.60. The predicted molar refractivity (Wildman–Crippen MR) is 154 cm³/mol. The van der Waals surface area contributed by atoms with Crippen LogP contribution in [0.15, 0.2) is 65.7 Å². The van der Waals surface area contributed by atoms with Gasteiger partial charge in [0, 0.05) is 6.54 Å². The third kappa shape index (κ3) is 7.99. The van der Waals surface area contributed by atoms with Gasteiger partial charge in [-0.2, -0.15) is 8.42 Å². The number of methoxy groups -OCH3 is 1. The molecular formula is C29H32N6O7S. The number of amides is 1. The zero-order valence-corrected chi connectivity index (χ0v) is 24.8. The average molecular weight is 609 g/mol. The quantitative estimate of drug-likeness (QED) is 0.250. The lowest BCUT2D eigenvalue weighted by atomic mass is 10.2. The Morgan fingerprint density at radius 2 is 1.79 bits per heavy atom. The maximum atomic E-state index is 12.8. The number of aromatic nitrogens is 5. The zero-order chi connectivity index (χ0) is 30.4. The lowest BCUT2D eigenvalue weighted by molar-refractivity contribution is -0.146. The van der Waals surface area contributed by atoms with Crippen molar-refractivity contribution in [1.82, 2.24) is 30.3 Å². The Hall–Kier alpha value is -4.24. The van der Waals surface area contributed by atoms with Gasteiger partial charge in [0.1, 0.15) is 35.2 Å². The first-order valence-electron chi connectivity index (χ1n) is 13.5. The molecule has 2 atom stereocenters. The third-order valence-corrected chi connectivity index (χ3v) is 7.90. The average Bonchev–Trinajstić information content (AvgIpc) is 3.48. The lowest BCUT2D eigenvalue weighted by Crippen LogP contribution is -2.40. The van der Waals surface area contributed by atoms with E-state index in [2.05, 4.69) is 25.6 Å². The molecule has 1 aliphatic rings. The molecule has 1 N–H and O–H groups in total. The van der Waals surface area contributed by atoms with Gasteiger partial charge >= 0.3 is 0 Å². The van der Waals surface area contributed by atoms with E-state index in [1.54, 1.807) is 43.1 Å². The summed E-state index contributed by atoms with van der Waals surface area (Å²) < 4.78 is 48.5. The van der Waals surface area contributed by atoms with E-state index in [0.29, 0.717) is 36.1 Å². The van der Waals surface area contributed by atoms with Crippen LogP contribution in [0.25, 0.3) is 11.4 Å². The molecule has 3 heterocycles. The molecule has 0 unspecified atom stereocenters. The van der Waals surface area contributed by atoms with E-state index >= 15 is 0 Å². The number of carbonyl (C=O) groups is 1. The van der Waals surface area contributed by atoms with E-state index in [-0.39, 0.29) is 42.4 Å². The Balaban J connectivity index is 1.13. The second-order valence-electron chi connectivity index (χ2n) is 10.0. The number of rotatable bonds is 11. The van der Waals surface area contributed by atoms with E-state index in [4.69, 9.17) is 18.4 Å².